The van der Waals surface area contributed by atoms with E-state index in [0.717, 1.165) is 24.5 Å². The standard InChI is InChI=1S/C17H25NO/c1-12-4-3-5-14(10-12)17(18)9-8-13-6-7-15(19-2)11-16(13)17/h6-7,11-12,14H,3-5,8-10,18H2,1-2H3. The molecule has 3 atom stereocenters. The first kappa shape index (κ1) is 13.0. The fourth-order valence-electron chi connectivity index (χ4n) is 4.14. The maximum absolute atomic E-state index is 6.88. The molecule has 0 bridgehead atoms. The summed E-state index contributed by atoms with van der Waals surface area (Å²) in [4.78, 5) is 0. The monoisotopic (exact) mass is 259 g/mol. The molecule has 1 saturated carbocycles. The largest absolute Gasteiger partial charge is 0.497 e. The fourth-order valence-corrected chi connectivity index (χ4v) is 4.14. The fraction of sp³-hybridized carbons (Fsp3) is 0.647. The Bertz CT molecular complexity index is 470. The highest BCUT2D eigenvalue weighted by atomic mass is 16.5. The molecule has 1 aromatic carbocycles. The Kier molecular flexibility index (Phi) is 3.30. The summed E-state index contributed by atoms with van der Waals surface area (Å²) in [6.45, 7) is 2.37. The highest BCUT2D eigenvalue weighted by Gasteiger charge is 2.43. The Morgan fingerprint density at radius 2 is 2.16 bits per heavy atom. The molecule has 2 nitrogen and oxygen atoms in total. The van der Waals surface area contributed by atoms with Gasteiger partial charge in [0.15, 0.2) is 0 Å². The molecule has 0 aromatic heterocycles. The van der Waals surface area contributed by atoms with Gasteiger partial charge < -0.3 is 10.5 Å². The molecule has 0 radical (unpaired) electrons. The van der Waals surface area contributed by atoms with Crippen LogP contribution >= 0.6 is 0 Å². The predicted molar refractivity (Wildman–Crippen MR) is 78.3 cm³/mol. The highest BCUT2D eigenvalue weighted by Crippen LogP contribution is 2.47. The second-order valence-corrected chi connectivity index (χ2v) is 6.53. The molecule has 1 fully saturated rings. The summed E-state index contributed by atoms with van der Waals surface area (Å²) >= 11 is 0. The number of ether oxygens (including phenoxy) is 1. The number of benzene rings is 1. The van der Waals surface area contributed by atoms with Crippen LogP contribution < -0.4 is 10.5 Å². The SMILES string of the molecule is COc1ccc2c(c1)C(N)(C1CCCC(C)C1)CC2. The maximum Gasteiger partial charge on any atom is 0.119 e. The van der Waals surface area contributed by atoms with E-state index in [1.54, 1.807) is 7.11 Å². The van der Waals surface area contributed by atoms with Gasteiger partial charge in [-0.05, 0) is 60.8 Å². The molecular formula is C17H25NO. The lowest BCUT2D eigenvalue weighted by Crippen LogP contribution is -2.44. The van der Waals surface area contributed by atoms with Crippen LogP contribution in [0.5, 0.6) is 5.75 Å². The summed E-state index contributed by atoms with van der Waals surface area (Å²) in [6.07, 6.45) is 7.51. The Morgan fingerprint density at radius 1 is 1.32 bits per heavy atom. The molecular weight excluding hydrogens is 234 g/mol. The van der Waals surface area contributed by atoms with Gasteiger partial charge >= 0.3 is 0 Å². The second-order valence-electron chi connectivity index (χ2n) is 6.53. The van der Waals surface area contributed by atoms with Gasteiger partial charge in [-0.1, -0.05) is 25.8 Å². The van der Waals surface area contributed by atoms with E-state index < -0.39 is 0 Å². The molecule has 104 valence electrons. The smallest absolute Gasteiger partial charge is 0.119 e. The van der Waals surface area contributed by atoms with Crippen LogP contribution in [0.1, 0.15) is 50.2 Å². The van der Waals surface area contributed by atoms with E-state index in [4.69, 9.17) is 10.5 Å². The molecule has 3 unspecified atom stereocenters. The average Bonchev–Trinajstić information content (AvgIpc) is 2.77. The number of hydrogen-bond donors (Lipinski definition) is 1. The number of aryl methyl sites for hydroxylation is 1. The van der Waals surface area contributed by atoms with Gasteiger partial charge in [0.25, 0.3) is 0 Å². The second kappa shape index (κ2) is 4.82. The van der Waals surface area contributed by atoms with Gasteiger partial charge in [0.1, 0.15) is 5.75 Å². The first-order valence-electron chi connectivity index (χ1n) is 7.60. The van der Waals surface area contributed by atoms with Crippen LogP contribution in [0, 0.1) is 11.8 Å². The van der Waals surface area contributed by atoms with Crippen LogP contribution in [0.4, 0.5) is 0 Å². The Labute approximate surface area is 116 Å². The summed E-state index contributed by atoms with van der Waals surface area (Å²) in [7, 11) is 1.73. The summed E-state index contributed by atoms with van der Waals surface area (Å²) in [5.41, 5.74) is 9.55. The van der Waals surface area contributed by atoms with Crippen LogP contribution in [0.2, 0.25) is 0 Å². The lowest BCUT2D eigenvalue weighted by atomic mass is 9.69. The average molecular weight is 259 g/mol. The van der Waals surface area contributed by atoms with E-state index in [-0.39, 0.29) is 5.54 Å². The van der Waals surface area contributed by atoms with Crippen molar-refractivity contribution in [1.29, 1.82) is 0 Å². The molecule has 0 aliphatic heterocycles. The van der Waals surface area contributed by atoms with Crippen molar-refractivity contribution in [2.24, 2.45) is 17.6 Å². The van der Waals surface area contributed by atoms with Gasteiger partial charge in [0.2, 0.25) is 0 Å². The minimum atomic E-state index is -0.113. The van der Waals surface area contributed by atoms with Crippen LogP contribution in [-0.4, -0.2) is 7.11 Å². The Hall–Kier alpha value is -1.02. The molecule has 0 spiro atoms. The van der Waals surface area contributed by atoms with Crippen molar-refractivity contribution in [2.45, 2.75) is 51.0 Å². The third-order valence-electron chi connectivity index (χ3n) is 5.29. The zero-order valence-electron chi connectivity index (χ0n) is 12.1. The zero-order valence-corrected chi connectivity index (χ0v) is 12.1. The minimum Gasteiger partial charge on any atom is -0.497 e. The summed E-state index contributed by atoms with van der Waals surface area (Å²) in [5, 5.41) is 0. The quantitative estimate of drug-likeness (QED) is 0.880. The van der Waals surface area contributed by atoms with E-state index in [9.17, 15) is 0 Å². The molecule has 0 heterocycles. The van der Waals surface area contributed by atoms with Crippen molar-refractivity contribution in [3.05, 3.63) is 29.3 Å². The molecule has 1 aromatic rings. The molecule has 2 N–H and O–H groups in total. The van der Waals surface area contributed by atoms with Crippen LogP contribution in [-0.2, 0) is 12.0 Å². The van der Waals surface area contributed by atoms with E-state index in [2.05, 4.69) is 25.1 Å². The number of hydrogen-bond acceptors (Lipinski definition) is 2. The van der Waals surface area contributed by atoms with Gasteiger partial charge in [-0.3, -0.25) is 0 Å². The topological polar surface area (TPSA) is 35.2 Å². The zero-order chi connectivity index (χ0) is 13.5. The molecule has 3 rings (SSSR count). The van der Waals surface area contributed by atoms with Crippen LogP contribution in [0.25, 0.3) is 0 Å². The summed E-state index contributed by atoms with van der Waals surface area (Å²) in [6, 6.07) is 6.45. The van der Waals surface area contributed by atoms with Crippen molar-refractivity contribution in [1.82, 2.24) is 0 Å². The van der Waals surface area contributed by atoms with E-state index in [0.29, 0.717) is 5.92 Å². The Balaban J connectivity index is 1.94. The first-order valence-corrected chi connectivity index (χ1v) is 7.60. The maximum atomic E-state index is 6.88. The predicted octanol–water partition coefficient (Wildman–Crippen LogP) is 3.62. The lowest BCUT2D eigenvalue weighted by molar-refractivity contribution is 0.170. The number of fused-ring (bicyclic) bond motifs is 1. The summed E-state index contributed by atoms with van der Waals surface area (Å²) < 4.78 is 5.39. The van der Waals surface area contributed by atoms with Crippen LogP contribution in [0.15, 0.2) is 18.2 Å². The minimum absolute atomic E-state index is 0.113. The molecule has 2 aliphatic carbocycles. The summed E-state index contributed by atoms with van der Waals surface area (Å²) in [5.74, 6) is 2.41. The third kappa shape index (κ3) is 2.16. The van der Waals surface area contributed by atoms with E-state index in [1.807, 2.05) is 0 Å². The molecule has 2 heteroatoms. The van der Waals surface area contributed by atoms with Crippen molar-refractivity contribution in [3.8, 4) is 5.75 Å². The molecule has 2 aliphatic rings. The molecule has 0 saturated heterocycles. The van der Waals surface area contributed by atoms with Crippen LogP contribution in [0.3, 0.4) is 0 Å². The van der Waals surface area contributed by atoms with Crippen molar-refractivity contribution < 1.29 is 4.74 Å². The normalized spacial score (nSPS) is 34.1. The number of nitrogens with two attached hydrogens (primary N) is 1. The van der Waals surface area contributed by atoms with Crippen molar-refractivity contribution in [3.63, 3.8) is 0 Å². The number of methoxy groups -OCH3 is 1. The van der Waals surface area contributed by atoms with Gasteiger partial charge in [0, 0.05) is 5.54 Å². The number of rotatable bonds is 2. The highest BCUT2D eigenvalue weighted by molar-refractivity contribution is 5.44. The van der Waals surface area contributed by atoms with Crippen molar-refractivity contribution >= 4 is 0 Å². The third-order valence-corrected chi connectivity index (χ3v) is 5.29. The molecule has 0 amide bonds. The van der Waals surface area contributed by atoms with Gasteiger partial charge in [0.05, 0.1) is 7.11 Å². The molecule has 19 heavy (non-hydrogen) atoms. The van der Waals surface area contributed by atoms with E-state index in [1.165, 1.54) is 36.8 Å². The van der Waals surface area contributed by atoms with Crippen molar-refractivity contribution in [2.75, 3.05) is 7.11 Å². The first-order chi connectivity index (χ1) is 9.13. The lowest BCUT2D eigenvalue weighted by Gasteiger charge is -2.39. The van der Waals surface area contributed by atoms with Gasteiger partial charge in [-0.15, -0.1) is 0 Å². The van der Waals surface area contributed by atoms with Gasteiger partial charge in [-0.25, -0.2) is 0 Å². The van der Waals surface area contributed by atoms with E-state index >= 15 is 0 Å². The Morgan fingerprint density at radius 3 is 2.89 bits per heavy atom. The van der Waals surface area contributed by atoms with Gasteiger partial charge in [-0.2, -0.15) is 0 Å².